The molecule has 0 radical (unpaired) electrons. The number of aryl methyl sites for hydroxylation is 1. The zero-order chi connectivity index (χ0) is 10.2. The van der Waals surface area contributed by atoms with Gasteiger partial charge in [0.2, 0.25) is 5.28 Å². The first kappa shape index (κ1) is 9.71. The van der Waals surface area contributed by atoms with Crippen molar-refractivity contribution in [3.63, 3.8) is 0 Å². The molecule has 1 aromatic heterocycles. The van der Waals surface area contributed by atoms with Crippen molar-refractivity contribution in [3.05, 3.63) is 17.0 Å². The van der Waals surface area contributed by atoms with Gasteiger partial charge in [0, 0.05) is 17.3 Å². The molecule has 1 N–H and O–H groups in total. The van der Waals surface area contributed by atoms with Crippen LogP contribution < -0.4 is 5.32 Å². The molecule has 1 heterocycles. The van der Waals surface area contributed by atoms with E-state index in [4.69, 9.17) is 11.6 Å². The van der Waals surface area contributed by atoms with Gasteiger partial charge in [-0.25, -0.2) is 9.97 Å². The lowest BCUT2D eigenvalue weighted by Gasteiger charge is -2.39. The van der Waals surface area contributed by atoms with Crippen LogP contribution in [0.2, 0.25) is 5.28 Å². The SMILES string of the molecule is Cc1cnc(Cl)nc1NC1(C)CCC1. The van der Waals surface area contributed by atoms with Crippen molar-refractivity contribution < 1.29 is 0 Å². The van der Waals surface area contributed by atoms with E-state index >= 15 is 0 Å². The number of nitrogens with zero attached hydrogens (tertiary/aromatic N) is 2. The summed E-state index contributed by atoms with van der Waals surface area (Å²) in [4.78, 5) is 8.11. The third-order valence-corrected chi connectivity index (χ3v) is 3.00. The zero-order valence-electron chi connectivity index (χ0n) is 8.47. The molecule has 0 aliphatic heterocycles. The monoisotopic (exact) mass is 211 g/mol. The van der Waals surface area contributed by atoms with Crippen molar-refractivity contribution in [2.45, 2.75) is 38.6 Å². The number of hydrogen-bond acceptors (Lipinski definition) is 3. The highest BCUT2D eigenvalue weighted by atomic mass is 35.5. The van der Waals surface area contributed by atoms with Crippen LogP contribution in [0.3, 0.4) is 0 Å². The van der Waals surface area contributed by atoms with Crippen LogP contribution in [0.15, 0.2) is 6.20 Å². The molecule has 1 aromatic rings. The summed E-state index contributed by atoms with van der Waals surface area (Å²) in [7, 11) is 0. The molecule has 0 aromatic carbocycles. The van der Waals surface area contributed by atoms with E-state index in [0.29, 0.717) is 5.28 Å². The molecule has 1 aliphatic rings. The van der Waals surface area contributed by atoms with Gasteiger partial charge in [-0.1, -0.05) is 0 Å². The van der Waals surface area contributed by atoms with Gasteiger partial charge in [0.15, 0.2) is 0 Å². The lowest BCUT2D eigenvalue weighted by atomic mass is 9.78. The Labute approximate surface area is 88.9 Å². The fourth-order valence-electron chi connectivity index (χ4n) is 1.67. The molecule has 0 spiro atoms. The molecule has 0 unspecified atom stereocenters. The number of anilines is 1. The standard InChI is InChI=1S/C10H14ClN3/c1-7-6-12-9(11)13-8(7)14-10(2)4-3-5-10/h6H,3-5H2,1-2H3,(H,12,13,14). The summed E-state index contributed by atoms with van der Waals surface area (Å²) in [6, 6.07) is 0. The summed E-state index contributed by atoms with van der Waals surface area (Å²) in [5.41, 5.74) is 1.25. The van der Waals surface area contributed by atoms with E-state index in [0.717, 1.165) is 11.4 Å². The first-order valence-corrected chi connectivity index (χ1v) is 5.24. The van der Waals surface area contributed by atoms with E-state index in [1.54, 1.807) is 6.20 Å². The normalized spacial score (nSPS) is 18.8. The number of halogens is 1. The number of hydrogen-bond donors (Lipinski definition) is 1. The van der Waals surface area contributed by atoms with Crippen LogP contribution in [0.1, 0.15) is 31.7 Å². The van der Waals surface area contributed by atoms with Crippen molar-refractivity contribution in [1.82, 2.24) is 9.97 Å². The fraction of sp³-hybridized carbons (Fsp3) is 0.600. The predicted molar refractivity (Wildman–Crippen MR) is 57.7 cm³/mol. The van der Waals surface area contributed by atoms with E-state index in [-0.39, 0.29) is 5.54 Å². The molecule has 0 atom stereocenters. The van der Waals surface area contributed by atoms with E-state index in [1.165, 1.54) is 19.3 Å². The minimum absolute atomic E-state index is 0.211. The Morgan fingerprint density at radius 3 is 2.79 bits per heavy atom. The van der Waals surface area contributed by atoms with Gasteiger partial charge in [0.05, 0.1) is 0 Å². The molecule has 14 heavy (non-hydrogen) atoms. The molecule has 1 saturated carbocycles. The van der Waals surface area contributed by atoms with Crippen molar-refractivity contribution >= 4 is 17.4 Å². The predicted octanol–water partition coefficient (Wildman–Crippen LogP) is 2.79. The topological polar surface area (TPSA) is 37.8 Å². The molecule has 0 bridgehead atoms. The van der Waals surface area contributed by atoms with Crippen LogP contribution in [0.4, 0.5) is 5.82 Å². The minimum Gasteiger partial charge on any atom is -0.365 e. The number of aromatic nitrogens is 2. The second kappa shape index (κ2) is 3.39. The summed E-state index contributed by atoms with van der Waals surface area (Å²) in [5.74, 6) is 0.868. The van der Waals surface area contributed by atoms with E-state index in [2.05, 4.69) is 22.2 Å². The maximum atomic E-state index is 5.74. The molecular weight excluding hydrogens is 198 g/mol. The molecule has 4 heteroatoms. The minimum atomic E-state index is 0.211. The van der Waals surface area contributed by atoms with Gasteiger partial charge in [-0.05, 0) is 44.7 Å². The van der Waals surface area contributed by atoms with Crippen LogP contribution in [0, 0.1) is 6.92 Å². The first-order chi connectivity index (χ1) is 6.59. The molecule has 1 fully saturated rings. The second-order valence-corrected chi connectivity index (χ2v) is 4.55. The van der Waals surface area contributed by atoms with E-state index < -0.39 is 0 Å². The molecule has 3 nitrogen and oxygen atoms in total. The average Bonchev–Trinajstić information content (AvgIpc) is 2.09. The Hall–Kier alpha value is -0.830. The summed E-state index contributed by atoms with van der Waals surface area (Å²) in [6.07, 6.45) is 5.45. The summed E-state index contributed by atoms with van der Waals surface area (Å²) in [5, 5.41) is 3.73. The highest BCUT2D eigenvalue weighted by molar-refractivity contribution is 6.28. The quantitative estimate of drug-likeness (QED) is 0.765. The Kier molecular flexibility index (Phi) is 2.35. The molecule has 1 aliphatic carbocycles. The van der Waals surface area contributed by atoms with Crippen molar-refractivity contribution in [1.29, 1.82) is 0 Å². The smallest absolute Gasteiger partial charge is 0.224 e. The third-order valence-electron chi connectivity index (χ3n) is 2.82. The second-order valence-electron chi connectivity index (χ2n) is 4.21. The zero-order valence-corrected chi connectivity index (χ0v) is 9.23. The van der Waals surface area contributed by atoms with Gasteiger partial charge in [0.25, 0.3) is 0 Å². The Morgan fingerprint density at radius 1 is 1.50 bits per heavy atom. The summed E-state index contributed by atoms with van der Waals surface area (Å²) < 4.78 is 0. The van der Waals surface area contributed by atoms with Gasteiger partial charge >= 0.3 is 0 Å². The molecule has 2 rings (SSSR count). The number of nitrogens with one attached hydrogen (secondary N) is 1. The maximum Gasteiger partial charge on any atom is 0.224 e. The third kappa shape index (κ3) is 1.82. The van der Waals surface area contributed by atoms with Gasteiger partial charge < -0.3 is 5.32 Å². The lowest BCUT2D eigenvalue weighted by Crippen LogP contribution is -2.42. The Bertz CT molecular complexity index is 347. The van der Waals surface area contributed by atoms with Crippen LogP contribution >= 0.6 is 11.6 Å². The molecular formula is C10H14ClN3. The van der Waals surface area contributed by atoms with E-state index in [9.17, 15) is 0 Å². The molecule has 0 saturated heterocycles. The van der Waals surface area contributed by atoms with Gasteiger partial charge in [-0.2, -0.15) is 0 Å². The van der Waals surface area contributed by atoms with Gasteiger partial charge in [-0.15, -0.1) is 0 Å². The molecule has 0 amide bonds. The number of rotatable bonds is 2. The van der Waals surface area contributed by atoms with Crippen LogP contribution in [0.5, 0.6) is 0 Å². The maximum absolute atomic E-state index is 5.74. The Morgan fingerprint density at radius 2 is 2.21 bits per heavy atom. The van der Waals surface area contributed by atoms with Crippen LogP contribution in [-0.4, -0.2) is 15.5 Å². The first-order valence-electron chi connectivity index (χ1n) is 4.86. The van der Waals surface area contributed by atoms with Crippen molar-refractivity contribution in [3.8, 4) is 0 Å². The van der Waals surface area contributed by atoms with Crippen molar-refractivity contribution in [2.75, 3.05) is 5.32 Å². The summed E-state index contributed by atoms with van der Waals surface area (Å²) in [6.45, 7) is 4.20. The highest BCUT2D eigenvalue weighted by Crippen LogP contribution is 2.34. The van der Waals surface area contributed by atoms with Gasteiger partial charge in [0.1, 0.15) is 5.82 Å². The molecule has 76 valence electrons. The van der Waals surface area contributed by atoms with E-state index in [1.807, 2.05) is 6.92 Å². The van der Waals surface area contributed by atoms with Crippen LogP contribution in [-0.2, 0) is 0 Å². The summed E-state index contributed by atoms with van der Waals surface area (Å²) >= 11 is 5.74. The van der Waals surface area contributed by atoms with Crippen LogP contribution in [0.25, 0.3) is 0 Å². The van der Waals surface area contributed by atoms with Crippen molar-refractivity contribution in [2.24, 2.45) is 0 Å². The fourth-order valence-corrected chi connectivity index (χ4v) is 1.80. The lowest BCUT2D eigenvalue weighted by molar-refractivity contribution is 0.305. The largest absolute Gasteiger partial charge is 0.365 e. The van der Waals surface area contributed by atoms with Gasteiger partial charge in [-0.3, -0.25) is 0 Å². The Balaban J connectivity index is 2.19. The highest BCUT2D eigenvalue weighted by Gasteiger charge is 2.32. The average molecular weight is 212 g/mol.